The number of thiocarbonyl (C=S) groups is 1. The lowest BCUT2D eigenvalue weighted by Crippen LogP contribution is -2.31. The Hall–Kier alpha value is -2.23. The summed E-state index contributed by atoms with van der Waals surface area (Å²) >= 11 is 6.50. The summed E-state index contributed by atoms with van der Waals surface area (Å²) < 4.78 is 7.00. The Morgan fingerprint density at radius 1 is 1.36 bits per heavy atom. The molecular formula is C19H22N4O3S2. The fourth-order valence-corrected chi connectivity index (χ4v) is 4.06. The maximum atomic E-state index is 13.1. The Morgan fingerprint density at radius 2 is 2.14 bits per heavy atom. The highest BCUT2D eigenvalue weighted by molar-refractivity contribution is 8.26. The predicted molar refractivity (Wildman–Crippen MR) is 117 cm³/mol. The summed E-state index contributed by atoms with van der Waals surface area (Å²) in [6, 6.07) is 3.72. The number of carbonyl (C=O) groups excluding carboxylic acids is 1. The Kier molecular flexibility index (Phi) is 6.48. The van der Waals surface area contributed by atoms with Crippen molar-refractivity contribution in [1.29, 1.82) is 0 Å². The Labute approximate surface area is 172 Å². The van der Waals surface area contributed by atoms with E-state index in [1.54, 1.807) is 19.4 Å². The molecule has 7 nitrogen and oxygen atoms in total. The number of fused-ring (bicyclic) bond motifs is 1. The molecule has 3 rings (SSSR count). The second-order valence-corrected chi connectivity index (χ2v) is 8.04. The summed E-state index contributed by atoms with van der Waals surface area (Å²) in [6.45, 7) is 5.39. The molecule has 0 radical (unpaired) electrons. The van der Waals surface area contributed by atoms with Crippen molar-refractivity contribution in [1.82, 2.24) is 14.3 Å². The number of methoxy groups -OCH3 is 1. The van der Waals surface area contributed by atoms with E-state index < -0.39 is 0 Å². The molecule has 3 heterocycles. The van der Waals surface area contributed by atoms with Crippen molar-refractivity contribution in [3.63, 3.8) is 0 Å². The third-order valence-corrected chi connectivity index (χ3v) is 5.59. The number of rotatable bonds is 7. The molecule has 1 amide bonds. The lowest BCUT2D eigenvalue weighted by molar-refractivity contribution is -0.122. The average Bonchev–Trinajstić information content (AvgIpc) is 2.94. The van der Waals surface area contributed by atoms with Crippen LogP contribution in [0.2, 0.25) is 0 Å². The second-order valence-electron chi connectivity index (χ2n) is 6.37. The quantitative estimate of drug-likeness (QED) is 0.547. The molecule has 1 saturated heterocycles. The monoisotopic (exact) mass is 418 g/mol. The summed E-state index contributed by atoms with van der Waals surface area (Å²) in [7, 11) is 1.57. The van der Waals surface area contributed by atoms with Crippen LogP contribution in [0.4, 0.5) is 5.82 Å². The highest BCUT2D eigenvalue weighted by Crippen LogP contribution is 2.32. The average molecular weight is 419 g/mol. The molecule has 0 saturated carbocycles. The van der Waals surface area contributed by atoms with E-state index in [2.05, 4.69) is 10.3 Å². The van der Waals surface area contributed by atoms with Gasteiger partial charge in [0.05, 0.1) is 23.6 Å². The fourth-order valence-electron chi connectivity index (χ4n) is 2.77. The third-order valence-electron chi connectivity index (χ3n) is 4.22. The van der Waals surface area contributed by atoms with Gasteiger partial charge in [0, 0.05) is 19.9 Å². The van der Waals surface area contributed by atoms with Gasteiger partial charge in [0.15, 0.2) is 0 Å². The molecule has 1 N–H and O–H groups in total. The molecule has 2 aromatic heterocycles. The van der Waals surface area contributed by atoms with Gasteiger partial charge in [-0.3, -0.25) is 18.9 Å². The second kappa shape index (κ2) is 8.85. The number of pyridine rings is 1. The Balaban J connectivity index is 2.09. The number of thioether (sulfide) groups is 1. The molecule has 2 aromatic rings. The van der Waals surface area contributed by atoms with Crippen LogP contribution in [-0.4, -0.2) is 51.3 Å². The molecule has 9 heteroatoms. The highest BCUT2D eigenvalue weighted by atomic mass is 32.2. The van der Waals surface area contributed by atoms with Gasteiger partial charge < -0.3 is 10.1 Å². The summed E-state index contributed by atoms with van der Waals surface area (Å²) in [5.74, 6) is 0.250. The zero-order chi connectivity index (χ0) is 20.3. The van der Waals surface area contributed by atoms with Crippen LogP contribution >= 0.6 is 24.0 Å². The Bertz CT molecular complexity index is 1020. The number of aryl methyl sites for hydroxylation is 1. The van der Waals surface area contributed by atoms with Crippen LogP contribution in [0.15, 0.2) is 28.0 Å². The van der Waals surface area contributed by atoms with Crippen molar-refractivity contribution >= 4 is 51.7 Å². The largest absolute Gasteiger partial charge is 0.383 e. The maximum absolute atomic E-state index is 13.1. The van der Waals surface area contributed by atoms with E-state index in [4.69, 9.17) is 17.0 Å². The summed E-state index contributed by atoms with van der Waals surface area (Å²) in [5.41, 5.74) is 1.62. The van der Waals surface area contributed by atoms with Gasteiger partial charge in [0.25, 0.3) is 11.5 Å². The van der Waals surface area contributed by atoms with Crippen LogP contribution in [0.5, 0.6) is 0 Å². The molecule has 0 atom stereocenters. The first-order chi connectivity index (χ1) is 13.5. The lowest BCUT2D eigenvalue weighted by atomic mass is 10.2. The van der Waals surface area contributed by atoms with Gasteiger partial charge in [-0.1, -0.05) is 37.0 Å². The van der Waals surface area contributed by atoms with Gasteiger partial charge in [0.2, 0.25) is 0 Å². The van der Waals surface area contributed by atoms with Crippen molar-refractivity contribution in [2.24, 2.45) is 0 Å². The molecule has 0 spiro atoms. The zero-order valence-electron chi connectivity index (χ0n) is 16.0. The molecule has 1 fully saturated rings. The maximum Gasteiger partial charge on any atom is 0.267 e. The van der Waals surface area contributed by atoms with Gasteiger partial charge >= 0.3 is 0 Å². The van der Waals surface area contributed by atoms with Gasteiger partial charge in [0.1, 0.15) is 15.8 Å². The smallest absolute Gasteiger partial charge is 0.267 e. The van der Waals surface area contributed by atoms with Crippen LogP contribution in [0, 0.1) is 6.92 Å². The molecule has 1 aliphatic heterocycles. The minimum atomic E-state index is -0.227. The Morgan fingerprint density at radius 3 is 2.86 bits per heavy atom. The standard InChI is InChI=1S/C19H22N4O3S2/c1-4-7-20-16-13(17(24)23-11-12(2)5-6-15(23)21-16)10-14-18(25)22(8-9-26-3)19(27)28-14/h5-6,10-11,20H,4,7-9H2,1-3H3/b14-10-. The normalized spacial score (nSPS) is 15.8. The number of hydrogen-bond donors (Lipinski definition) is 1. The first kappa shape index (κ1) is 20.5. The van der Waals surface area contributed by atoms with Crippen molar-refractivity contribution in [3.05, 3.63) is 44.7 Å². The van der Waals surface area contributed by atoms with Crippen LogP contribution in [0.3, 0.4) is 0 Å². The van der Waals surface area contributed by atoms with Crippen LogP contribution in [0.25, 0.3) is 11.7 Å². The van der Waals surface area contributed by atoms with Gasteiger partial charge in [-0.05, 0) is 31.1 Å². The number of nitrogens with one attached hydrogen (secondary N) is 1. The van der Waals surface area contributed by atoms with Crippen LogP contribution in [0.1, 0.15) is 24.5 Å². The number of ether oxygens (including phenoxy) is 1. The van der Waals surface area contributed by atoms with E-state index in [1.807, 2.05) is 26.0 Å². The lowest BCUT2D eigenvalue weighted by Gasteiger charge is -2.13. The molecule has 0 unspecified atom stereocenters. The minimum Gasteiger partial charge on any atom is -0.383 e. The number of nitrogens with zero attached hydrogens (tertiary/aromatic N) is 3. The number of amides is 1. The minimum absolute atomic E-state index is 0.220. The molecule has 28 heavy (non-hydrogen) atoms. The highest BCUT2D eigenvalue weighted by Gasteiger charge is 2.32. The number of aromatic nitrogens is 2. The van der Waals surface area contributed by atoms with Crippen molar-refractivity contribution in [2.75, 3.05) is 32.1 Å². The van der Waals surface area contributed by atoms with Gasteiger partial charge in [-0.15, -0.1) is 0 Å². The summed E-state index contributed by atoms with van der Waals surface area (Å²) in [5, 5.41) is 3.20. The number of hydrogen-bond acceptors (Lipinski definition) is 7. The van der Waals surface area contributed by atoms with Crippen molar-refractivity contribution < 1.29 is 9.53 Å². The molecule has 0 bridgehead atoms. The molecule has 0 aromatic carbocycles. The summed E-state index contributed by atoms with van der Waals surface area (Å²) in [4.78, 5) is 32.4. The molecular weight excluding hydrogens is 396 g/mol. The first-order valence-electron chi connectivity index (χ1n) is 8.97. The van der Waals surface area contributed by atoms with E-state index in [1.165, 1.54) is 21.1 Å². The van der Waals surface area contributed by atoms with Crippen molar-refractivity contribution in [3.8, 4) is 0 Å². The summed E-state index contributed by atoms with van der Waals surface area (Å²) in [6.07, 6.45) is 4.22. The van der Waals surface area contributed by atoms with Gasteiger partial charge in [-0.2, -0.15) is 0 Å². The van der Waals surface area contributed by atoms with E-state index in [9.17, 15) is 9.59 Å². The third kappa shape index (κ3) is 4.11. The van der Waals surface area contributed by atoms with E-state index >= 15 is 0 Å². The SMILES string of the molecule is CCCNc1nc2ccc(C)cn2c(=O)c1/C=C1\SC(=S)N(CCOC)C1=O. The van der Waals surface area contributed by atoms with E-state index in [0.717, 1.165) is 12.0 Å². The number of carbonyl (C=O) groups is 1. The van der Waals surface area contributed by atoms with E-state index in [0.29, 0.717) is 46.0 Å². The molecule has 0 aliphatic carbocycles. The molecule has 1 aliphatic rings. The molecule has 148 valence electrons. The number of anilines is 1. The van der Waals surface area contributed by atoms with Gasteiger partial charge in [-0.25, -0.2) is 4.98 Å². The van der Waals surface area contributed by atoms with E-state index in [-0.39, 0.29) is 11.5 Å². The predicted octanol–water partition coefficient (Wildman–Crippen LogP) is 2.67. The fraction of sp³-hybridized carbons (Fsp3) is 0.368. The van der Waals surface area contributed by atoms with Crippen LogP contribution in [-0.2, 0) is 9.53 Å². The van der Waals surface area contributed by atoms with Crippen molar-refractivity contribution in [2.45, 2.75) is 20.3 Å². The van der Waals surface area contributed by atoms with Crippen LogP contribution < -0.4 is 10.9 Å². The first-order valence-corrected chi connectivity index (χ1v) is 10.2. The zero-order valence-corrected chi connectivity index (χ0v) is 17.7. The topological polar surface area (TPSA) is 75.9 Å².